The SMILES string of the molecule is CCCCC(=O)Nc1ccc(CC(N)=S)cc1. The van der Waals surface area contributed by atoms with Crippen molar-refractivity contribution in [3.63, 3.8) is 0 Å². The first-order chi connectivity index (χ1) is 8.11. The van der Waals surface area contributed by atoms with Crippen LogP contribution in [0.2, 0.25) is 0 Å². The van der Waals surface area contributed by atoms with Crippen LogP contribution in [0, 0.1) is 0 Å². The van der Waals surface area contributed by atoms with E-state index in [4.69, 9.17) is 18.0 Å². The van der Waals surface area contributed by atoms with Crippen LogP contribution in [0.5, 0.6) is 0 Å². The molecule has 0 saturated carbocycles. The van der Waals surface area contributed by atoms with Gasteiger partial charge in [-0.2, -0.15) is 0 Å². The topological polar surface area (TPSA) is 55.1 Å². The van der Waals surface area contributed by atoms with Crippen LogP contribution < -0.4 is 11.1 Å². The Morgan fingerprint density at radius 1 is 1.35 bits per heavy atom. The van der Waals surface area contributed by atoms with Gasteiger partial charge in [0.05, 0.1) is 4.99 Å². The zero-order chi connectivity index (χ0) is 12.7. The molecule has 0 heterocycles. The summed E-state index contributed by atoms with van der Waals surface area (Å²) in [5.74, 6) is 0.0638. The molecule has 1 amide bonds. The summed E-state index contributed by atoms with van der Waals surface area (Å²) in [6.45, 7) is 2.07. The molecule has 92 valence electrons. The van der Waals surface area contributed by atoms with E-state index < -0.39 is 0 Å². The Bertz CT molecular complexity index is 387. The maximum absolute atomic E-state index is 11.5. The Balaban J connectivity index is 2.50. The van der Waals surface area contributed by atoms with E-state index >= 15 is 0 Å². The molecule has 0 fully saturated rings. The molecule has 4 heteroatoms. The highest BCUT2D eigenvalue weighted by Gasteiger charge is 2.01. The van der Waals surface area contributed by atoms with Gasteiger partial charge in [0.15, 0.2) is 0 Å². The number of amides is 1. The number of carbonyl (C=O) groups is 1. The summed E-state index contributed by atoms with van der Waals surface area (Å²) in [7, 11) is 0. The molecule has 1 aromatic carbocycles. The quantitative estimate of drug-likeness (QED) is 0.763. The van der Waals surface area contributed by atoms with Crippen LogP contribution in [-0.2, 0) is 11.2 Å². The summed E-state index contributed by atoms with van der Waals surface area (Å²) in [6, 6.07) is 7.60. The summed E-state index contributed by atoms with van der Waals surface area (Å²) >= 11 is 4.84. The lowest BCUT2D eigenvalue weighted by Crippen LogP contribution is -2.12. The van der Waals surface area contributed by atoms with E-state index in [0.717, 1.165) is 24.1 Å². The number of hydrogen-bond acceptors (Lipinski definition) is 2. The van der Waals surface area contributed by atoms with Gasteiger partial charge in [-0.25, -0.2) is 0 Å². The molecule has 0 aromatic heterocycles. The third kappa shape index (κ3) is 5.45. The van der Waals surface area contributed by atoms with Crippen molar-refractivity contribution in [3.05, 3.63) is 29.8 Å². The Labute approximate surface area is 107 Å². The average molecular weight is 250 g/mol. The highest BCUT2D eigenvalue weighted by molar-refractivity contribution is 7.80. The molecule has 0 spiro atoms. The lowest BCUT2D eigenvalue weighted by Gasteiger charge is -2.06. The minimum Gasteiger partial charge on any atom is -0.393 e. The van der Waals surface area contributed by atoms with E-state index in [1.165, 1.54) is 0 Å². The predicted molar refractivity (Wildman–Crippen MR) is 75.1 cm³/mol. The van der Waals surface area contributed by atoms with Gasteiger partial charge in [-0.15, -0.1) is 0 Å². The molecule has 0 saturated heterocycles. The van der Waals surface area contributed by atoms with Gasteiger partial charge in [-0.1, -0.05) is 37.7 Å². The molecule has 0 bridgehead atoms. The number of nitrogens with two attached hydrogens (primary N) is 1. The van der Waals surface area contributed by atoms with Gasteiger partial charge in [0.2, 0.25) is 5.91 Å². The monoisotopic (exact) mass is 250 g/mol. The largest absolute Gasteiger partial charge is 0.393 e. The standard InChI is InChI=1S/C13H18N2OS/c1-2-3-4-13(16)15-11-7-5-10(6-8-11)9-12(14)17/h5-8H,2-4,9H2,1H3,(H2,14,17)(H,15,16). The van der Waals surface area contributed by atoms with E-state index in [9.17, 15) is 4.79 Å². The molecular weight excluding hydrogens is 232 g/mol. The fourth-order valence-corrected chi connectivity index (χ4v) is 1.63. The van der Waals surface area contributed by atoms with Crippen molar-refractivity contribution in [2.45, 2.75) is 32.6 Å². The number of nitrogens with one attached hydrogen (secondary N) is 1. The van der Waals surface area contributed by atoms with Gasteiger partial charge in [-0.05, 0) is 24.1 Å². The average Bonchev–Trinajstić information content (AvgIpc) is 2.28. The molecule has 0 atom stereocenters. The highest BCUT2D eigenvalue weighted by atomic mass is 32.1. The van der Waals surface area contributed by atoms with Gasteiger partial charge >= 0.3 is 0 Å². The predicted octanol–water partition coefficient (Wildman–Crippen LogP) is 2.64. The summed E-state index contributed by atoms with van der Waals surface area (Å²) in [6.07, 6.45) is 3.12. The number of anilines is 1. The molecule has 0 aliphatic rings. The van der Waals surface area contributed by atoms with E-state index in [2.05, 4.69) is 12.2 Å². The first kappa shape index (κ1) is 13.6. The second kappa shape index (κ2) is 7.01. The lowest BCUT2D eigenvalue weighted by molar-refractivity contribution is -0.116. The number of benzene rings is 1. The minimum atomic E-state index is 0.0638. The first-order valence-electron chi connectivity index (χ1n) is 5.79. The summed E-state index contributed by atoms with van der Waals surface area (Å²) in [5.41, 5.74) is 7.34. The normalized spacial score (nSPS) is 9.94. The third-order valence-electron chi connectivity index (χ3n) is 2.37. The number of rotatable bonds is 6. The van der Waals surface area contributed by atoms with Crippen molar-refractivity contribution in [3.8, 4) is 0 Å². The Hall–Kier alpha value is -1.42. The fraction of sp³-hybridized carbons (Fsp3) is 0.385. The number of carbonyl (C=O) groups excluding carboxylic acids is 1. The molecule has 0 aliphatic heterocycles. The van der Waals surface area contributed by atoms with Crippen LogP contribution in [-0.4, -0.2) is 10.9 Å². The van der Waals surface area contributed by atoms with E-state index in [-0.39, 0.29) is 5.91 Å². The Morgan fingerprint density at radius 3 is 2.53 bits per heavy atom. The van der Waals surface area contributed by atoms with Crippen molar-refractivity contribution in [1.82, 2.24) is 0 Å². The highest BCUT2D eigenvalue weighted by Crippen LogP contribution is 2.11. The van der Waals surface area contributed by atoms with Crippen molar-refractivity contribution in [2.75, 3.05) is 5.32 Å². The molecule has 0 radical (unpaired) electrons. The summed E-state index contributed by atoms with van der Waals surface area (Å²) in [4.78, 5) is 12.0. The van der Waals surface area contributed by atoms with Crippen LogP contribution >= 0.6 is 12.2 Å². The van der Waals surface area contributed by atoms with Gasteiger partial charge in [-0.3, -0.25) is 4.79 Å². The zero-order valence-corrected chi connectivity index (χ0v) is 10.8. The molecule has 0 aliphatic carbocycles. The second-order valence-corrected chi connectivity index (χ2v) is 4.52. The molecule has 1 aromatic rings. The smallest absolute Gasteiger partial charge is 0.224 e. The van der Waals surface area contributed by atoms with Crippen molar-refractivity contribution in [1.29, 1.82) is 0 Å². The van der Waals surface area contributed by atoms with Crippen LogP contribution in [0.25, 0.3) is 0 Å². The molecular formula is C13H18N2OS. The zero-order valence-electron chi connectivity index (χ0n) is 10.0. The van der Waals surface area contributed by atoms with Crippen LogP contribution in [0.4, 0.5) is 5.69 Å². The van der Waals surface area contributed by atoms with Gasteiger partial charge in [0.25, 0.3) is 0 Å². The van der Waals surface area contributed by atoms with Crippen LogP contribution in [0.3, 0.4) is 0 Å². The summed E-state index contributed by atoms with van der Waals surface area (Å²) in [5, 5.41) is 2.85. The van der Waals surface area contributed by atoms with Crippen LogP contribution in [0.15, 0.2) is 24.3 Å². The lowest BCUT2D eigenvalue weighted by atomic mass is 10.1. The Kier molecular flexibility index (Phi) is 5.63. The van der Waals surface area contributed by atoms with Gasteiger partial charge < -0.3 is 11.1 Å². The van der Waals surface area contributed by atoms with Gasteiger partial charge in [0, 0.05) is 18.5 Å². The van der Waals surface area contributed by atoms with E-state index in [0.29, 0.717) is 17.8 Å². The van der Waals surface area contributed by atoms with E-state index in [1.54, 1.807) is 0 Å². The number of unbranched alkanes of at least 4 members (excludes halogenated alkanes) is 1. The minimum absolute atomic E-state index is 0.0638. The maximum Gasteiger partial charge on any atom is 0.224 e. The third-order valence-corrected chi connectivity index (χ3v) is 2.52. The molecule has 0 unspecified atom stereocenters. The number of hydrogen-bond donors (Lipinski definition) is 2. The van der Waals surface area contributed by atoms with Crippen molar-refractivity contribution in [2.24, 2.45) is 5.73 Å². The van der Waals surface area contributed by atoms with E-state index in [1.807, 2.05) is 24.3 Å². The molecule has 17 heavy (non-hydrogen) atoms. The molecule has 3 nitrogen and oxygen atoms in total. The number of thiocarbonyl (C=S) groups is 1. The second-order valence-electron chi connectivity index (χ2n) is 3.99. The fourth-order valence-electron chi connectivity index (χ4n) is 1.47. The van der Waals surface area contributed by atoms with Gasteiger partial charge in [0.1, 0.15) is 0 Å². The Morgan fingerprint density at radius 2 is 2.00 bits per heavy atom. The van der Waals surface area contributed by atoms with Crippen molar-refractivity contribution >= 4 is 28.8 Å². The molecule has 1 rings (SSSR count). The summed E-state index contributed by atoms with van der Waals surface area (Å²) < 4.78 is 0. The van der Waals surface area contributed by atoms with Crippen LogP contribution in [0.1, 0.15) is 31.7 Å². The molecule has 3 N–H and O–H groups in total. The van der Waals surface area contributed by atoms with Crippen molar-refractivity contribution < 1.29 is 4.79 Å². The first-order valence-corrected chi connectivity index (χ1v) is 6.19. The maximum atomic E-state index is 11.5.